The lowest BCUT2D eigenvalue weighted by molar-refractivity contribution is 0.0693. The summed E-state index contributed by atoms with van der Waals surface area (Å²) in [5.74, 6) is 0.187. The Morgan fingerprint density at radius 2 is 2.28 bits per heavy atom. The van der Waals surface area contributed by atoms with Crippen LogP contribution in [0.2, 0.25) is 0 Å². The van der Waals surface area contributed by atoms with E-state index in [1.165, 1.54) is 11.3 Å². The fourth-order valence-electron chi connectivity index (χ4n) is 1.51. The fraction of sp³-hybridized carbons (Fsp3) is 0.154. The zero-order chi connectivity index (χ0) is 13.0. The van der Waals surface area contributed by atoms with Gasteiger partial charge in [-0.25, -0.2) is 4.79 Å². The predicted octanol–water partition coefficient (Wildman–Crippen LogP) is 3.75. The summed E-state index contributed by atoms with van der Waals surface area (Å²) in [7, 11) is 1.47. The molecule has 0 aliphatic carbocycles. The molecule has 1 heterocycles. The molecule has 0 unspecified atom stereocenters. The van der Waals surface area contributed by atoms with Crippen LogP contribution in [0.5, 0.6) is 5.75 Å². The van der Waals surface area contributed by atoms with E-state index in [9.17, 15) is 4.79 Å². The molecule has 5 heteroatoms. The van der Waals surface area contributed by atoms with E-state index in [-0.39, 0.29) is 5.56 Å². The summed E-state index contributed by atoms with van der Waals surface area (Å²) in [5, 5.41) is 11.1. The van der Waals surface area contributed by atoms with Gasteiger partial charge < -0.3 is 9.84 Å². The van der Waals surface area contributed by atoms with E-state index in [2.05, 4.69) is 6.07 Å². The van der Waals surface area contributed by atoms with Crippen LogP contribution in [0.1, 0.15) is 15.9 Å². The predicted molar refractivity (Wildman–Crippen MR) is 73.8 cm³/mol. The normalized spacial score (nSPS) is 10.3. The molecule has 3 nitrogen and oxygen atoms in total. The van der Waals surface area contributed by atoms with Gasteiger partial charge in [-0.2, -0.15) is 0 Å². The molecule has 1 aromatic carbocycles. The van der Waals surface area contributed by atoms with Crippen LogP contribution in [-0.2, 0) is 5.75 Å². The Kier molecular flexibility index (Phi) is 4.28. The van der Waals surface area contributed by atoms with Crippen molar-refractivity contribution in [2.24, 2.45) is 0 Å². The Morgan fingerprint density at radius 1 is 1.44 bits per heavy atom. The van der Waals surface area contributed by atoms with Crippen LogP contribution in [0.25, 0.3) is 0 Å². The van der Waals surface area contributed by atoms with Gasteiger partial charge in [0.1, 0.15) is 11.3 Å². The lowest BCUT2D eigenvalue weighted by atomic mass is 10.1. The number of thioether (sulfide) groups is 1. The molecule has 0 saturated carbocycles. The molecule has 0 saturated heterocycles. The molecule has 2 rings (SSSR count). The number of thiophene rings is 1. The largest absolute Gasteiger partial charge is 0.496 e. The highest BCUT2D eigenvalue weighted by molar-refractivity contribution is 8.00. The van der Waals surface area contributed by atoms with Gasteiger partial charge in [-0.05, 0) is 29.1 Å². The first-order valence-electron chi connectivity index (χ1n) is 5.27. The van der Waals surface area contributed by atoms with Gasteiger partial charge in [0.2, 0.25) is 0 Å². The number of carboxylic acids is 1. The van der Waals surface area contributed by atoms with Crippen molar-refractivity contribution in [3.05, 3.63) is 46.8 Å². The fourth-order valence-corrected chi connectivity index (χ4v) is 3.24. The lowest BCUT2D eigenvalue weighted by Gasteiger charge is -2.07. The highest BCUT2D eigenvalue weighted by atomic mass is 32.2. The molecule has 0 aliphatic rings. The molecule has 0 aliphatic heterocycles. The maximum absolute atomic E-state index is 11.1. The second kappa shape index (κ2) is 5.93. The number of carbonyl (C=O) groups is 1. The van der Waals surface area contributed by atoms with Crippen molar-refractivity contribution in [2.75, 3.05) is 7.11 Å². The number of rotatable bonds is 5. The van der Waals surface area contributed by atoms with Gasteiger partial charge in [-0.15, -0.1) is 23.1 Å². The van der Waals surface area contributed by atoms with Gasteiger partial charge in [0, 0.05) is 5.75 Å². The van der Waals surface area contributed by atoms with Crippen molar-refractivity contribution in [3.63, 3.8) is 0 Å². The van der Waals surface area contributed by atoms with Crippen molar-refractivity contribution in [1.29, 1.82) is 0 Å². The maximum atomic E-state index is 11.1. The molecule has 0 spiro atoms. The van der Waals surface area contributed by atoms with Crippen LogP contribution in [0, 0.1) is 0 Å². The molecule has 0 fully saturated rings. The monoisotopic (exact) mass is 280 g/mol. The number of carboxylic acid groups (broad SMARTS) is 1. The first-order valence-corrected chi connectivity index (χ1v) is 7.13. The molecule has 1 N–H and O–H groups in total. The summed E-state index contributed by atoms with van der Waals surface area (Å²) in [5.41, 5.74) is 1.19. The zero-order valence-corrected chi connectivity index (χ0v) is 11.4. The highest BCUT2D eigenvalue weighted by Crippen LogP contribution is 2.28. The molecular weight excluding hydrogens is 268 g/mol. The molecule has 0 amide bonds. The molecule has 94 valence electrons. The number of benzene rings is 1. The second-order valence-corrected chi connectivity index (χ2v) is 5.78. The molecule has 18 heavy (non-hydrogen) atoms. The number of methoxy groups -OCH3 is 1. The highest BCUT2D eigenvalue weighted by Gasteiger charge is 2.11. The summed E-state index contributed by atoms with van der Waals surface area (Å²) in [6.07, 6.45) is 0. The number of hydrogen-bond donors (Lipinski definition) is 1. The van der Waals surface area contributed by atoms with Crippen LogP contribution in [0.3, 0.4) is 0 Å². The second-order valence-electron chi connectivity index (χ2n) is 3.56. The van der Waals surface area contributed by atoms with Crippen LogP contribution in [-0.4, -0.2) is 18.2 Å². The minimum Gasteiger partial charge on any atom is -0.496 e. The summed E-state index contributed by atoms with van der Waals surface area (Å²) >= 11 is 3.38. The number of ether oxygens (including phenoxy) is 1. The van der Waals surface area contributed by atoms with Crippen molar-refractivity contribution >= 4 is 29.1 Å². The Hall–Kier alpha value is -1.46. The molecule has 0 atom stereocenters. The van der Waals surface area contributed by atoms with Gasteiger partial charge in [-0.1, -0.05) is 12.1 Å². The van der Waals surface area contributed by atoms with E-state index < -0.39 is 5.97 Å². The van der Waals surface area contributed by atoms with E-state index in [0.29, 0.717) is 5.75 Å². The Labute approximate surface area is 113 Å². The number of aromatic carboxylic acids is 1. The smallest absolute Gasteiger partial charge is 0.339 e. The van der Waals surface area contributed by atoms with Crippen molar-refractivity contribution in [2.45, 2.75) is 9.96 Å². The van der Waals surface area contributed by atoms with Gasteiger partial charge in [-0.3, -0.25) is 0 Å². The van der Waals surface area contributed by atoms with Crippen molar-refractivity contribution < 1.29 is 14.6 Å². The van der Waals surface area contributed by atoms with Gasteiger partial charge in [0.25, 0.3) is 0 Å². The van der Waals surface area contributed by atoms with Crippen LogP contribution in [0.4, 0.5) is 0 Å². The zero-order valence-electron chi connectivity index (χ0n) is 9.75. The van der Waals surface area contributed by atoms with Gasteiger partial charge in [0.05, 0.1) is 11.3 Å². The quantitative estimate of drug-likeness (QED) is 0.847. The first kappa shape index (κ1) is 13.0. The van der Waals surface area contributed by atoms with Crippen molar-refractivity contribution in [1.82, 2.24) is 0 Å². The average molecular weight is 280 g/mol. The third-order valence-electron chi connectivity index (χ3n) is 2.37. The van der Waals surface area contributed by atoms with Gasteiger partial charge >= 0.3 is 5.97 Å². The standard InChI is InChI=1S/C13H12O3S2/c1-16-11-5-4-9(7-10(11)13(14)15)8-18-12-3-2-6-17-12/h2-7H,8H2,1H3,(H,14,15). The summed E-state index contributed by atoms with van der Waals surface area (Å²) < 4.78 is 6.25. The first-order chi connectivity index (χ1) is 8.70. The minimum atomic E-state index is -0.963. The molecule has 0 bridgehead atoms. The van der Waals surface area contributed by atoms with E-state index in [4.69, 9.17) is 9.84 Å². The topological polar surface area (TPSA) is 46.5 Å². The summed E-state index contributed by atoms with van der Waals surface area (Å²) in [4.78, 5) is 11.1. The van der Waals surface area contributed by atoms with E-state index in [0.717, 1.165) is 11.3 Å². The SMILES string of the molecule is COc1ccc(CSc2cccs2)cc1C(=O)O. The van der Waals surface area contributed by atoms with E-state index >= 15 is 0 Å². The Bertz CT molecular complexity index is 535. The number of hydrogen-bond acceptors (Lipinski definition) is 4. The molecule has 2 aromatic rings. The Morgan fingerprint density at radius 3 is 2.89 bits per heavy atom. The third kappa shape index (κ3) is 3.05. The van der Waals surface area contributed by atoms with Crippen LogP contribution >= 0.6 is 23.1 Å². The molecule has 1 aromatic heterocycles. The maximum Gasteiger partial charge on any atom is 0.339 e. The Balaban J connectivity index is 2.14. The van der Waals surface area contributed by atoms with E-state index in [1.54, 1.807) is 35.2 Å². The minimum absolute atomic E-state index is 0.210. The van der Waals surface area contributed by atoms with Crippen molar-refractivity contribution in [3.8, 4) is 5.75 Å². The third-order valence-corrected chi connectivity index (χ3v) is 4.57. The average Bonchev–Trinajstić information content (AvgIpc) is 2.89. The van der Waals surface area contributed by atoms with E-state index in [1.807, 2.05) is 17.5 Å². The van der Waals surface area contributed by atoms with Crippen LogP contribution < -0.4 is 4.74 Å². The summed E-state index contributed by atoms with van der Waals surface area (Å²) in [6.45, 7) is 0. The molecular formula is C13H12O3S2. The molecule has 0 radical (unpaired) electrons. The lowest BCUT2D eigenvalue weighted by Crippen LogP contribution is -2.01. The van der Waals surface area contributed by atoms with Gasteiger partial charge in [0.15, 0.2) is 0 Å². The summed E-state index contributed by atoms with van der Waals surface area (Å²) in [6, 6.07) is 9.32. The van der Waals surface area contributed by atoms with Crippen LogP contribution in [0.15, 0.2) is 39.9 Å².